The number of pyridine rings is 1. The zero-order chi connectivity index (χ0) is 34.5. The quantitative estimate of drug-likeness (QED) is 0.104. The highest BCUT2D eigenvalue weighted by Crippen LogP contribution is 2.67. The maximum atomic E-state index is 13.0. The van der Waals surface area contributed by atoms with Gasteiger partial charge < -0.3 is 23.7 Å². The molecule has 4 aromatic carbocycles. The summed E-state index contributed by atoms with van der Waals surface area (Å²) in [6, 6.07) is 30.5. The van der Waals surface area contributed by atoms with Crippen LogP contribution in [-0.4, -0.2) is 52.6 Å². The molecule has 0 bridgehead atoms. The first-order valence-electron chi connectivity index (χ1n) is 16.0. The summed E-state index contributed by atoms with van der Waals surface area (Å²) in [6.45, 7) is 4.61. The van der Waals surface area contributed by atoms with Crippen LogP contribution in [0, 0.1) is 0 Å². The molecule has 6 rings (SSSR count). The van der Waals surface area contributed by atoms with E-state index in [4.69, 9.17) is 28.7 Å². The first-order chi connectivity index (χ1) is 23.9. The first kappa shape index (κ1) is 33.5. The molecule has 1 unspecified atom stereocenters. The van der Waals surface area contributed by atoms with Crippen molar-refractivity contribution in [3.8, 4) is 39.9 Å². The molecule has 1 heterocycles. The van der Waals surface area contributed by atoms with Gasteiger partial charge in [-0.1, -0.05) is 48.5 Å². The third-order valence-electron chi connectivity index (χ3n) is 9.04. The number of nitrogens with zero attached hydrogens (tertiary/aromatic N) is 1. The first-order valence-corrected chi connectivity index (χ1v) is 18.2. The van der Waals surface area contributed by atoms with Gasteiger partial charge in [0.15, 0.2) is 23.0 Å². The fourth-order valence-corrected chi connectivity index (χ4v) is 10.2. The van der Waals surface area contributed by atoms with E-state index in [-0.39, 0.29) is 0 Å². The van der Waals surface area contributed by atoms with E-state index < -0.39 is 13.2 Å². The molecule has 0 saturated heterocycles. The van der Waals surface area contributed by atoms with Crippen LogP contribution in [-0.2, 0) is 4.79 Å². The summed E-state index contributed by atoms with van der Waals surface area (Å²) in [7, 11) is 4.10. The number of hydrogen-bond acceptors (Lipinski definition) is 7. The molecule has 8 heteroatoms. The SMILES string of the molecule is CCOc1c(C2C(=C=O)C=CC=C2[P+](C)(c2ccccc2)c2ccccc2)nc2cc(OC)c(OC)cc2c1-c1ccc(OC)c(OC)c1. The monoisotopic (exact) mass is 672 g/mol. The predicted octanol–water partition coefficient (Wildman–Crippen LogP) is 7.93. The number of aromatic nitrogens is 1. The Bertz CT molecular complexity index is 2060. The van der Waals surface area contributed by atoms with Gasteiger partial charge in [0.05, 0.1) is 69.7 Å². The lowest BCUT2D eigenvalue weighted by Gasteiger charge is -2.32. The topological polar surface area (TPSA) is 76.1 Å². The van der Waals surface area contributed by atoms with Crippen molar-refractivity contribution in [2.45, 2.75) is 12.8 Å². The van der Waals surface area contributed by atoms with E-state index in [1.54, 1.807) is 28.4 Å². The van der Waals surface area contributed by atoms with E-state index in [1.165, 1.54) is 10.6 Å². The lowest BCUT2D eigenvalue weighted by Crippen LogP contribution is -2.27. The normalized spacial score (nSPS) is 14.2. The molecule has 0 aliphatic heterocycles. The van der Waals surface area contributed by atoms with Gasteiger partial charge >= 0.3 is 0 Å². The molecule has 248 valence electrons. The fraction of sp³-hybridized carbons (Fsp3) is 0.195. The van der Waals surface area contributed by atoms with Gasteiger partial charge in [0.1, 0.15) is 29.6 Å². The number of hydrogen-bond donors (Lipinski definition) is 0. The standard InChI is InChI=1S/C41H39NO6P/c1-7-48-41-38(27-21-22-33(44-2)34(23-27)45-3)31-24-35(46-4)36(47-5)25-32(31)42-40(41)39-28(26-43)15-14-20-37(39)49(6,29-16-10-8-11-17-29)30-18-12-9-13-19-30/h8-25,39H,7H2,1-6H3/q+1. The van der Waals surface area contributed by atoms with Gasteiger partial charge in [0.2, 0.25) is 0 Å². The summed E-state index contributed by atoms with van der Waals surface area (Å²) in [5.41, 5.74) is 3.33. The van der Waals surface area contributed by atoms with Crippen LogP contribution in [0.2, 0.25) is 0 Å². The van der Waals surface area contributed by atoms with Gasteiger partial charge in [-0.25, -0.2) is 9.78 Å². The van der Waals surface area contributed by atoms with Gasteiger partial charge in [-0.3, -0.25) is 0 Å². The second-order valence-corrected chi connectivity index (χ2v) is 15.1. The second kappa shape index (κ2) is 14.4. The number of allylic oxidation sites excluding steroid dienone is 5. The third-order valence-corrected chi connectivity index (χ3v) is 13.1. The number of carbonyl (C=O) groups excluding carboxylic acids is 1. The molecule has 1 atom stereocenters. The minimum atomic E-state index is -2.33. The summed E-state index contributed by atoms with van der Waals surface area (Å²) < 4.78 is 29.4. The molecule has 7 nitrogen and oxygen atoms in total. The van der Waals surface area contributed by atoms with Crippen molar-refractivity contribution in [2.24, 2.45) is 0 Å². The highest BCUT2D eigenvalue weighted by molar-refractivity contribution is 7.92. The van der Waals surface area contributed by atoms with Crippen LogP contribution < -0.4 is 34.3 Å². The molecular weight excluding hydrogens is 633 g/mol. The van der Waals surface area contributed by atoms with Gasteiger partial charge in [-0.2, -0.15) is 0 Å². The Hall–Kier alpha value is -5.35. The zero-order valence-electron chi connectivity index (χ0n) is 28.5. The summed E-state index contributed by atoms with van der Waals surface area (Å²) in [5.74, 6) is 4.52. The average Bonchev–Trinajstić information content (AvgIpc) is 3.16. The van der Waals surface area contributed by atoms with Crippen LogP contribution in [0.3, 0.4) is 0 Å². The number of fused-ring (bicyclic) bond motifs is 1. The molecule has 5 aromatic rings. The second-order valence-electron chi connectivity index (χ2n) is 11.5. The van der Waals surface area contributed by atoms with Crippen LogP contribution in [0.5, 0.6) is 28.7 Å². The van der Waals surface area contributed by atoms with E-state index >= 15 is 0 Å². The summed E-state index contributed by atoms with van der Waals surface area (Å²) in [6.07, 6.45) is 5.92. The molecule has 0 amide bonds. The lowest BCUT2D eigenvalue weighted by atomic mass is 9.88. The van der Waals surface area contributed by atoms with E-state index in [1.807, 2.05) is 61.5 Å². The van der Waals surface area contributed by atoms with Gasteiger partial charge in [-0.05, 0) is 67.1 Å². The van der Waals surface area contributed by atoms with Crippen molar-refractivity contribution >= 4 is 34.7 Å². The van der Waals surface area contributed by atoms with Crippen molar-refractivity contribution in [1.29, 1.82) is 0 Å². The smallest absolute Gasteiger partial charge is 0.162 e. The summed E-state index contributed by atoms with van der Waals surface area (Å²) >= 11 is 0. The Balaban J connectivity index is 1.74. The van der Waals surface area contributed by atoms with Crippen LogP contribution in [0.4, 0.5) is 0 Å². The molecular formula is C41H39NO6P+. The van der Waals surface area contributed by atoms with Crippen LogP contribution in [0.25, 0.3) is 22.0 Å². The number of benzene rings is 4. The minimum Gasteiger partial charge on any atom is -0.493 e. The average molecular weight is 673 g/mol. The van der Waals surface area contributed by atoms with Crippen molar-refractivity contribution in [2.75, 3.05) is 41.7 Å². The van der Waals surface area contributed by atoms with E-state index in [2.05, 4.69) is 67.2 Å². The molecule has 0 saturated carbocycles. The molecule has 0 fully saturated rings. The summed E-state index contributed by atoms with van der Waals surface area (Å²) in [5, 5.41) is 4.22. The highest BCUT2D eigenvalue weighted by atomic mass is 31.2. The molecule has 0 radical (unpaired) electrons. The zero-order valence-corrected chi connectivity index (χ0v) is 29.4. The van der Waals surface area contributed by atoms with Crippen molar-refractivity contribution in [3.05, 3.63) is 126 Å². The Kier molecular flexibility index (Phi) is 9.87. The Morgan fingerprint density at radius 1 is 0.755 bits per heavy atom. The Morgan fingerprint density at radius 3 is 1.92 bits per heavy atom. The van der Waals surface area contributed by atoms with Crippen molar-refractivity contribution in [1.82, 2.24) is 4.98 Å². The molecule has 49 heavy (non-hydrogen) atoms. The van der Waals surface area contributed by atoms with Crippen LogP contribution >= 0.6 is 7.26 Å². The van der Waals surface area contributed by atoms with E-state index in [9.17, 15) is 4.79 Å². The molecule has 0 spiro atoms. The van der Waals surface area contributed by atoms with E-state index in [0.29, 0.717) is 52.1 Å². The highest BCUT2D eigenvalue weighted by Gasteiger charge is 2.49. The molecule has 0 N–H and O–H groups in total. The minimum absolute atomic E-state index is 0.360. The van der Waals surface area contributed by atoms with E-state index in [0.717, 1.165) is 21.8 Å². The predicted molar refractivity (Wildman–Crippen MR) is 199 cm³/mol. The van der Waals surface area contributed by atoms with Gasteiger partial charge in [0, 0.05) is 17.0 Å². The molecule has 1 aliphatic carbocycles. The van der Waals surface area contributed by atoms with Crippen molar-refractivity contribution < 1.29 is 28.5 Å². The number of methoxy groups -OCH3 is 4. The van der Waals surface area contributed by atoms with Gasteiger partial charge in [0.25, 0.3) is 0 Å². The third kappa shape index (κ3) is 5.97. The lowest BCUT2D eigenvalue weighted by molar-refractivity contribution is 0.336. The van der Waals surface area contributed by atoms with Crippen LogP contribution in [0.1, 0.15) is 18.5 Å². The number of rotatable bonds is 11. The molecule has 1 aliphatic rings. The fourth-order valence-electron chi connectivity index (χ4n) is 6.65. The Labute approximate surface area is 287 Å². The largest absolute Gasteiger partial charge is 0.493 e. The van der Waals surface area contributed by atoms with Crippen LogP contribution in [0.15, 0.2) is 120 Å². The maximum Gasteiger partial charge on any atom is 0.162 e. The number of ether oxygens (including phenoxy) is 5. The van der Waals surface area contributed by atoms with Gasteiger partial charge in [-0.15, -0.1) is 0 Å². The molecule has 1 aromatic heterocycles. The summed E-state index contributed by atoms with van der Waals surface area (Å²) in [4.78, 5) is 18.3. The Morgan fingerprint density at radius 2 is 1.35 bits per heavy atom. The maximum absolute atomic E-state index is 13.0. The van der Waals surface area contributed by atoms with Crippen molar-refractivity contribution in [3.63, 3.8) is 0 Å².